The Morgan fingerprint density at radius 1 is 1.35 bits per heavy atom. The van der Waals surface area contributed by atoms with E-state index in [1.54, 1.807) is 0 Å². The van der Waals surface area contributed by atoms with E-state index in [9.17, 15) is 0 Å². The summed E-state index contributed by atoms with van der Waals surface area (Å²) in [5.74, 6) is 2.94. The maximum Gasteiger partial charge on any atom is 0.219 e. The predicted octanol–water partition coefficient (Wildman–Crippen LogP) is 1.56. The molecule has 1 N–H and O–H groups in total. The Bertz CT molecular complexity index is 401. The van der Waals surface area contributed by atoms with Crippen LogP contribution in [0, 0.1) is 0 Å². The highest BCUT2D eigenvalue weighted by Crippen LogP contribution is 2.39. The van der Waals surface area contributed by atoms with Crippen LogP contribution in [-0.2, 0) is 4.74 Å². The van der Waals surface area contributed by atoms with Gasteiger partial charge in [-0.15, -0.1) is 0 Å². The molecular weight excluding hydrogens is 218 g/mol. The summed E-state index contributed by atoms with van der Waals surface area (Å²) in [6.45, 7) is 1.45. The molecule has 5 heteroatoms. The SMILES string of the molecule is CNc1cc(OC2CCOC2)nc(C2CC2)n1. The molecule has 17 heavy (non-hydrogen) atoms. The van der Waals surface area contributed by atoms with Gasteiger partial charge in [0.05, 0.1) is 13.2 Å². The molecule has 0 radical (unpaired) electrons. The summed E-state index contributed by atoms with van der Waals surface area (Å²) in [7, 11) is 1.86. The van der Waals surface area contributed by atoms with Gasteiger partial charge in [0.1, 0.15) is 17.7 Å². The molecule has 1 aromatic heterocycles. The Kier molecular flexibility index (Phi) is 2.84. The summed E-state index contributed by atoms with van der Waals surface area (Å²) in [6.07, 6.45) is 3.47. The fourth-order valence-corrected chi connectivity index (χ4v) is 1.93. The zero-order chi connectivity index (χ0) is 11.7. The minimum absolute atomic E-state index is 0.140. The normalized spacial score (nSPS) is 23.7. The molecular formula is C12H17N3O2. The monoisotopic (exact) mass is 235 g/mol. The fourth-order valence-electron chi connectivity index (χ4n) is 1.93. The Balaban J connectivity index is 1.78. The maximum atomic E-state index is 5.82. The lowest BCUT2D eigenvalue weighted by Crippen LogP contribution is -2.17. The van der Waals surface area contributed by atoms with Crippen molar-refractivity contribution in [3.8, 4) is 5.88 Å². The van der Waals surface area contributed by atoms with Gasteiger partial charge in [-0.2, -0.15) is 4.98 Å². The van der Waals surface area contributed by atoms with E-state index in [2.05, 4.69) is 15.3 Å². The van der Waals surface area contributed by atoms with Crippen LogP contribution >= 0.6 is 0 Å². The van der Waals surface area contributed by atoms with Crippen molar-refractivity contribution >= 4 is 5.82 Å². The number of aromatic nitrogens is 2. The topological polar surface area (TPSA) is 56.3 Å². The number of nitrogens with one attached hydrogen (secondary N) is 1. The molecule has 1 saturated heterocycles. The lowest BCUT2D eigenvalue weighted by atomic mass is 10.3. The summed E-state index contributed by atoms with van der Waals surface area (Å²) in [5.41, 5.74) is 0. The zero-order valence-electron chi connectivity index (χ0n) is 9.98. The van der Waals surface area contributed by atoms with Gasteiger partial charge < -0.3 is 14.8 Å². The van der Waals surface area contributed by atoms with Crippen LogP contribution in [0.3, 0.4) is 0 Å². The van der Waals surface area contributed by atoms with E-state index in [0.717, 1.165) is 24.7 Å². The molecule has 3 rings (SSSR count). The van der Waals surface area contributed by atoms with Crippen molar-refractivity contribution in [1.29, 1.82) is 0 Å². The van der Waals surface area contributed by atoms with Crippen molar-refractivity contribution in [3.05, 3.63) is 11.9 Å². The molecule has 1 aromatic rings. The van der Waals surface area contributed by atoms with Crippen molar-refractivity contribution in [2.45, 2.75) is 31.3 Å². The van der Waals surface area contributed by atoms with Crippen molar-refractivity contribution in [2.75, 3.05) is 25.6 Å². The highest BCUT2D eigenvalue weighted by molar-refractivity contribution is 5.38. The quantitative estimate of drug-likeness (QED) is 0.858. The fraction of sp³-hybridized carbons (Fsp3) is 0.667. The lowest BCUT2D eigenvalue weighted by molar-refractivity contribution is 0.138. The number of rotatable bonds is 4. The molecule has 1 aliphatic carbocycles. The molecule has 2 heterocycles. The van der Waals surface area contributed by atoms with Crippen LogP contribution in [0.5, 0.6) is 5.88 Å². The predicted molar refractivity (Wildman–Crippen MR) is 63.4 cm³/mol. The molecule has 0 bridgehead atoms. The number of hydrogen-bond donors (Lipinski definition) is 1. The van der Waals surface area contributed by atoms with Gasteiger partial charge in [0.2, 0.25) is 5.88 Å². The summed E-state index contributed by atoms with van der Waals surface area (Å²) < 4.78 is 11.1. The first-order valence-electron chi connectivity index (χ1n) is 6.16. The van der Waals surface area contributed by atoms with E-state index in [-0.39, 0.29) is 6.10 Å². The molecule has 1 atom stereocenters. The second-order valence-corrected chi connectivity index (χ2v) is 4.58. The van der Waals surface area contributed by atoms with E-state index >= 15 is 0 Å². The first-order valence-corrected chi connectivity index (χ1v) is 6.16. The Morgan fingerprint density at radius 3 is 2.88 bits per heavy atom. The van der Waals surface area contributed by atoms with Crippen molar-refractivity contribution in [3.63, 3.8) is 0 Å². The summed E-state index contributed by atoms with van der Waals surface area (Å²) in [4.78, 5) is 8.93. The molecule has 0 aromatic carbocycles. The standard InChI is InChI=1S/C12H17N3O2/c1-13-10-6-11(17-9-4-5-16-7-9)15-12(14-10)8-2-3-8/h6,8-9H,2-5,7H2,1H3,(H,13,14,15). The summed E-state index contributed by atoms with van der Waals surface area (Å²) in [6, 6.07) is 1.85. The van der Waals surface area contributed by atoms with Crippen LogP contribution in [0.15, 0.2) is 6.07 Å². The Morgan fingerprint density at radius 2 is 2.24 bits per heavy atom. The van der Waals surface area contributed by atoms with Gasteiger partial charge in [0, 0.05) is 25.5 Å². The molecule has 0 amide bonds. The van der Waals surface area contributed by atoms with E-state index in [1.807, 2.05) is 13.1 Å². The smallest absolute Gasteiger partial charge is 0.219 e. The van der Waals surface area contributed by atoms with Gasteiger partial charge in [-0.3, -0.25) is 0 Å². The van der Waals surface area contributed by atoms with E-state index in [4.69, 9.17) is 9.47 Å². The maximum absolute atomic E-state index is 5.82. The first kappa shape index (κ1) is 10.8. The van der Waals surface area contributed by atoms with Crippen LogP contribution in [0.1, 0.15) is 31.0 Å². The van der Waals surface area contributed by atoms with Crippen LogP contribution in [-0.4, -0.2) is 36.3 Å². The molecule has 1 unspecified atom stereocenters. The van der Waals surface area contributed by atoms with Crippen LogP contribution < -0.4 is 10.1 Å². The second-order valence-electron chi connectivity index (χ2n) is 4.58. The third-order valence-electron chi connectivity index (χ3n) is 3.09. The molecule has 1 saturated carbocycles. The average molecular weight is 235 g/mol. The van der Waals surface area contributed by atoms with E-state index in [0.29, 0.717) is 18.4 Å². The highest BCUT2D eigenvalue weighted by Gasteiger charge is 2.28. The number of hydrogen-bond acceptors (Lipinski definition) is 5. The van der Waals surface area contributed by atoms with Gasteiger partial charge in [-0.25, -0.2) is 4.98 Å². The third-order valence-corrected chi connectivity index (χ3v) is 3.09. The molecule has 0 spiro atoms. The van der Waals surface area contributed by atoms with Crippen LogP contribution in [0.4, 0.5) is 5.82 Å². The second kappa shape index (κ2) is 4.49. The first-order chi connectivity index (χ1) is 8.35. The van der Waals surface area contributed by atoms with Crippen LogP contribution in [0.25, 0.3) is 0 Å². The lowest BCUT2D eigenvalue weighted by Gasteiger charge is -2.12. The zero-order valence-corrected chi connectivity index (χ0v) is 9.98. The minimum Gasteiger partial charge on any atom is -0.472 e. The molecule has 2 fully saturated rings. The van der Waals surface area contributed by atoms with E-state index < -0.39 is 0 Å². The van der Waals surface area contributed by atoms with Gasteiger partial charge >= 0.3 is 0 Å². The van der Waals surface area contributed by atoms with Gasteiger partial charge in [-0.1, -0.05) is 0 Å². The number of anilines is 1. The summed E-state index contributed by atoms with van der Waals surface area (Å²) in [5, 5.41) is 3.05. The van der Waals surface area contributed by atoms with E-state index in [1.165, 1.54) is 12.8 Å². The van der Waals surface area contributed by atoms with Gasteiger partial charge in [-0.05, 0) is 12.8 Å². The summed E-state index contributed by atoms with van der Waals surface area (Å²) >= 11 is 0. The van der Waals surface area contributed by atoms with Crippen LogP contribution in [0.2, 0.25) is 0 Å². The van der Waals surface area contributed by atoms with Crippen molar-refractivity contribution < 1.29 is 9.47 Å². The average Bonchev–Trinajstić information content (AvgIpc) is 3.09. The Hall–Kier alpha value is -1.36. The van der Waals surface area contributed by atoms with Gasteiger partial charge in [0.25, 0.3) is 0 Å². The minimum atomic E-state index is 0.140. The van der Waals surface area contributed by atoms with Crippen molar-refractivity contribution in [1.82, 2.24) is 9.97 Å². The molecule has 1 aliphatic heterocycles. The Labute approximate surface area is 101 Å². The molecule has 2 aliphatic rings. The molecule has 5 nitrogen and oxygen atoms in total. The van der Waals surface area contributed by atoms with Crippen molar-refractivity contribution in [2.24, 2.45) is 0 Å². The number of ether oxygens (including phenoxy) is 2. The number of nitrogens with zero attached hydrogens (tertiary/aromatic N) is 2. The largest absolute Gasteiger partial charge is 0.472 e. The third kappa shape index (κ3) is 2.49. The highest BCUT2D eigenvalue weighted by atomic mass is 16.5. The van der Waals surface area contributed by atoms with Gasteiger partial charge in [0.15, 0.2) is 0 Å². The molecule has 92 valence electrons.